The molecule has 15 heavy (non-hydrogen) atoms. The third-order valence-corrected chi connectivity index (χ3v) is 3.08. The Kier molecular flexibility index (Phi) is 4.29. The van der Waals surface area contributed by atoms with Gasteiger partial charge in [-0.05, 0) is 25.8 Å². The average molecular weight is 213 g/mol. The number of ketones is 1. The van der Waals surface area contributed by atoms with E-state index in [0.717, 1.165) is 25.9 Å². The first kappa shape index (κ1) is 12.7. The van der Waals surface area contributed by atoms with Crippen molar-refractivity contribution in [3.05, 3.63) is 0 Å². The maximum absolute atomic E-state index is 11.6. The number of carbonyl (C=O) groups is 1. The lowest BCUT2D eigenvalue weighted by Crippen LogP contribution is -2.44. The predicted octanol–water partition coefficient (Wildman–Crippen LogP) is 1.45. The predicted molar refractivity (Wildman–Crippen MR) is 60.8 cm³/mol. The van der Waals surface area contributed by atoms with Crippen LogP contribution in [0.15, 0.2) is 0 Å². The van der Waals surface area contributed by atoms with Crippen LogP contribution in [0.3, 0.4) is 0 Å². The van der Waals surface area contributed by atoms with Crippen molar-refractivity contribution in [2.24, 2.45) is 5.92 Å². The molecule has 0 spiro atoms. The zero-order valence-electron chi connectivity index (χ0n) is 10.1. The molecule has 0 atom stereocenters. The summed E-state index contributed by atoms with van der Waals surface area (Å²) >= 11 is 0. The highest BCUT2D eigenvalue weighted by molar-refractivity contribution is 5.79. The van der Waals surface area contributed by atoms with Gasteiger partial charge in [0.05, 0.1) is 5.60 Å². The number of hydrogen-bond donors (Lipinski definition) is 1. The van der Waals surface area contributed by atoms with Crippen molar-refractivity contribution in [3.63, 3.8) is 0 Å². The minimum absolute atomic E-state index is 0.206. The fourth-order valence-corrected chi connectivity index (χ4v) is 2.11. The summed E-state index contributed by atoms with van der Waals surface area (Å²) in [5, 5.41) is 10.2. The summed E-state index contributed by atoms with van der Waals surface area (Å²) in [5.74, 6) is 0.601. The Hall–Kier alpha value is -0.410. The van der Waals surface area contributed by atoms with E-state index in [-0.39, 0.29) is 5.78 Å². The van der Waals surface area contributed by atoms with Crippen LogP contribution in [-0.4, -0.2) is 41.5 Å². The minimum Gasteiger partial charge on any atom is -0.389 e. The van der Waals surface area contributed by atoms with Crippen LogP contribution in [0, 0.1) is 5.92 Å². The quantitative estimate of drug-likeness (QED) is 0.768. The molecule has 0 unspecified atom stereocenters. The normalized spacial score (nSPS) is 21.9. The molecule has 1 N–H and O–H groups in total. The summed E-state index contributed by atoms with van der Waals surface area (Å²) in [6.07, 6.45) is 2.40. The van der Waals surface area contributed by atoms with E-state index in [4.69, 9.17) is 0 Å². The van der Waals surface area contributed by atoms with E-state index in [9.17, 15) is 9.90 Å². The number of hydrogen-bond acceptors (Lipinski definition) is 3. The molecule has 0 radical (unpaired) electrons. The van der Waals surface area contributed by atoms with Crippen LogP contribution >= 0.6 is 0 Å². The number of carbonyl (C=O) groups excluding carboxylic acids is 1. The Bertz CT molecular complexity index is 218. The van der Waals surface area contributed by atoms with Crippen LogP contribution in [0.2, 0.25) is 0 Å². The standard InChI is InChI=1S/C12H23NO2/c1-10(2)8-11(14)9-12(15)4-6-13(3)7-5-12/h10,15H,4-9H2,1-3H3. The molecule has 0 aliphatic carbocycles. The van der Waals surface area contributed by atoms with Crippen LogP contribution in [0.25, 0.3) is 0 Å². The van der Waals surface area contributed by atoms with Gasteiger partial charge in [-0.1, -0.05) is 13.8 Å². The van der Waals surface area contributed by atoms with E-state index >= 15 is 0 Å². The smallest absolute Gasteiger partial charge is 0.136 e. The maximum Gasteiger partial charge on any atom is 0.136 e. The van der Waals surface area contributed by atoms with Gasteiger partial charge in [-0.25, -0.2) is 0 Å². The lowest BCUT2D eigenvalue weighted by molar-refractivity contribution is -0.126. The molecule has 1 aliphatic rings. The van der Waals surface area contributed by atoms with Crippen molar-refractivity contribution in [2.45, 2.75) is 45.1 Å². The Morgan fingerprint density at radius 3 is 2.40 bits per heavy atom. The maximum atomic E-state index is 11.6. The van der Waals surface area contributed by atoms with Crippen LogP contribution in [0.5, 0.6) is 0 Å². The molecule has 0 aromatic rings. The summed E-state index contributed by atoms with van der Waals surface area (Å²) in [5.41, 5.74) is -0.724. The number of aliphatic hydroxyl groups is 1. The fourth-order valence-electron chi connectivity index (χ4n) is 2.11. The van der Waals surface area contributed by atoms with Crippen molar-refractivity contribution < 1.29 is 9.90 Å². The van der Waals surface area contributed by atoms with Gasteiger partial charge < -0.3 is 10.0 Å². The van der Waals surface area contributed by atoms with E-state index in [1.807, 2.05) is 13.8 Å². The van der Waals surface area contributed by atoms with Crippen LogP contribution in [-0.2, 0) is 4.79 Å². The molecule has 1 saturated heterocycles. The molecule has 1 fully saturated rings. The zero-order chi connectivity index (χ0) is 11.5. The van der Waals surface area contributed by atoms with E-state index in [1.165, 1.54) is 0 Å². The monoisotopic (exact) mass is 213 g/mol. The zero-order valence-corrected chi connectivity index (χ0v) is 10.1. The van der Waals surface area contributed by atoms with E-state index in [1.54, 1.807) is 0 Å². The van der Waals surface area contributed by atoms with Crippen LogP contribution in [0.1, 0.15) is 39.5 Å². The van der Waals surface area contributed by atoms with Crippen molar-refractivity contribution in [1.82, 2.24) is 4.90 Å². The fraction of sp³-hybridized carbons (Fsp3) is 0.917. The van der Waals surface area contributed by atoms with Gasteiger partial charge in [-0.15, -0.1) is 0 Å². The van der Waals surface area contributed by atoms with Crippen LogP contribution < -0.4 is 0 Å². The first-order valence-corrected chi connectivity index (χ1v) is 5.84. The molecule has 1 rings (SSSR count). The highest BCUT2D eigenvalue weighted by atomic mass is 16.3. The van der Waals surface area contributed by atoms with Crippen molar-refractivity contribution >= 4 is 5.78 Å². The number of rotatable bonds is 4. The molecule has 1 heterocycles. The number of nitrogens with zero attached hydrogens (tertiary/aromatic N) is 1. The summed E-state index contributed by atoms with van der Waals surface area (Å²) in [4.78, 5) is 13.8. The second-order valence-electron chi connectivity index (χ2n) is 5.34. The van der Waals surface area contributed by atoms with Gasteiger partial charge in [0.1, 0.15) is 5.78 Å². The highest BCUT2D eigenvalue weighted by Crippen LogP contribution is 2.26. The summed E-state index contributed by atoms with van der Waals surface area (Å²) < 4.78 is 0. The molecule has 88 valence electrons. The van der Waals surface area contributed by atoms with Crippen LogP contribution in [0.4, 0.5) is 0 Å². The van der Waals surface area contributed by atoms with Gasteiger partial charge in [0, 0.05) is 25.9 Å². The Balaban J connectivity index is 2.39. The SMILES string of the molecule is CC(C)CC(=O)CC1(O)CCN(C)CC1. The lowest BCUT2D eigenvalue weighted by atomic mass is 9.85. The first-order valence-electron chi connectivity index (χ1n) is 5.84. The highest BCUT2D eigenvalue weighted by Gasteiger charge is 2.33. The number of likely N-dealkylation sites (tertiary alicyclic amines) is 1. The van der Waals surface area contributed by atoms with E-state index in [0.29, 0.717) is 18.8 Å². The molecule has 0 aromatic carbocycles. The first-order chi connectivity index (χ1) is 6.91. The summed E-state index contributed by atoms with van der Waals surface area (Å²) in [6.45, 7) is 5.87. The molecule has 1 aliphatic heterocycles. The number of Topliss-reactive ketones (excluding diaryl/α,β-unsaturated/α-hetero) is 1. The average Bonchev–Trinajstić information content (AvgIpc) is 2.09. The van der Waals surface area contributed by atoms with E-state index in [2.05, 4.69) is 11.9 Å². The molecular formula is C12H23NO2. The Morgan fingerprint density at radius 1 is 1.40 bits per heavy atom. The molecule has 0 aromatic heterocycles. The molecule has 0 saturated carbocycles. The van der Waals surface area contributed by atoms with Gasteiger partial charge in [-0.3, -0.25) is 4.79 Å². The third-order valence-electron chi connectivity index (χ3n) is 3.08. The van der Waals surface area contributed by atoms with Gasteiger partial charge in [-0.2, -0.15) is 0 Å². The molecule has 3 heteroatoms. The van der Waals surface area contributed by atoms with Gasteiger partial charge in [0.2, 0.25) is 0 Å². The number of piperidine rings is 1. The minimum atomic E-state index is -0.724. The van der Waals surface area contributed by atoms with E-state index < -0.39 is 5.60 Å². The Morgan fingerprint density at radius 2 is 1.93 bits per heavy atom. The summed E-state index contributed by atoms with van der Waals surface area (Å²) in [7, 11) is 2.05. The van der Waals surface area contributed by atoms with Gasteiger partial charge >= 0.3 is 0 Å². The largest absolute Gasteiger partial charge is 0.389 e. The van der Waals surface area contributed by atoms with Crippen molar-refractivity contribution in [3.8, 4) is 0 Å². The second-order valence-corrected chi connectivity index (χ2v) is 5.34. The molecular weight excluding hydrogens is 190 g/mol. The molecule has 0 bridgehead atoms. The molecule has 0 amide bonds. The third kappa shape index (κ3) is 4.31. The Labute approximate surface area is 92.5 Å². The lowest BCUT2D eigenvalue weighted by Gasteiger charge is -2.36. The topological polar surface area (TPSA) is 40.5 Å². The van der Waals surface area contributed by atoms with Crippen molar-refractivity contribution in [1.29, 1.82) is 0 Å². The van der Waals surface area contributed by atoms with Gasteiger partial charge in [0.25, 0.3) is 0 Å². The molecule has 3 nitrogen and oxygen atoms in total. The summed E-state index contributed by atoms with van der Waals surface area (Å²) in [6, 6.07) is 0. The van der Waals surface area contributed by atoms with Crippen molar-refractivity contribution in [2.75, 3.05) is 20.1 Å². The second kappa shape index (κ2) is 5.08. The van der Waals surface area contributed by atoms with Gasteiger partial charge in [0.15, 0.2) is 0 Å².